The topological polar surface area (TPSA) is 106 Å². The van der Waals surface area contributed by atoms with E-state index in [4.69, 9.17) is 0 Å². The van der Waals surface area contributed by atoms with Crippen molar-refractivity contribution in [3.05, 3.63) is 0 Å². The van der Waals surface area contributed by atoms with E-state index in [9.17, 15) is 19.6 Å². The molecule has 8 heteroatoms. The first-order valence-electron chi connectivity index (χ1n) is 11.5. The quantitative estimate of drug-likeness (QED) is 0.599. The van der Waals surface area contributed by atoms with Crippen molar-refractivity contribution in [2.45, 2.75) is 78.6 Å². The predicted octanol–water partition coefficient (Wildman–Crippen LogP) is 1.12. The number of carbonyl (C=O) groups is 3. The number of rotatable bonds is 8. The molecule has 1 saturated carbocycles. The Morgan fingerprint density at radius 3 is 2.45 bits per heavy atom. The number of carbonyl (C=O) groups excluding carboxylic acids is 3. The lowest BCUT2D eigenvalue weighted by Crippen LogP contribution is -2.55. The van der Waals surface area contributed by atoms with E-state index in [1.165, 1.54) is 0 Å². The Kier molecular flexibility index (Phi) is 6.66. The standard InChI is InChI=1S/C23H37N5O3/c1-13(2)27(14(3)4)12-18(29)28-11-17-19(23(17,5)6)20(28)22(31)26-16(10-24)9-15-7-8-25-21(15)30/h13-17,19-20H,7-9,11-12H2,1-6H3,(H,25,30)(H,26,31)/t15-,16?,17-,19-,20-/m0/s1. The van der Waals surface area contributed by atoms with Crippen LogP contribution >= 0.6 is 0 Å². The van der Waals surface area contributed by atoms with Crippen LogP contribution in [-0.4, -0.2) is 71.3 Å². The molecule has 3 rings (SSSR count). The van der Waals surface area contributed by atoms with Crippen molar-refractivity contribution in [3.63, 3.8) is 0 Å². The highest BCUT2D eigenvalue weighted by atomic mass is 16.2. The van der Waals surface area contributed by atoms with E-state index in [-0.39, 0.29) is 53.6 Å². The van der Waals surface area contributed by atoms with Crippen LogP contribution in [0.2, 0.25) is 0 Å². The normalized spacial score (nSPS) is 29.7. The second kappa shape index (κ2) is 8.78. The number of hydrogen-bond acceptors (Lipinski definition) is 5. The van der Waals surface area contributed by atoms with Crippen LogP contribution in [0.25, 0.3) is 0 Å². The van der Waals surface area contributed by atoms with Crippen molar-refractivity contribution >= 4 is 17.7 Å². The van der Waals surface area contributed by atoms with Crippen molar-refractivity contribution in [2.75, 3.05) is 19.6 Å². The highest BCUT2D eigenvalue weighted by Gasteiger charge is 2.69. The third-order valence-corrected chi connectivity index (χ3v) is 7.60. The lowest BCUT2D eigenvalue weighted by Gasteiger charge is -2.35. The zero-order chi connectivity index (χ0) is 23.1. The van der Waals surface area contributed by atoms with Crippen LogP contribution in [-0.2, 0) is 14.4 Å². The minimum atomic E-state index is -0.734. The summed E-state index contributed by atoms with van der Waals surface area (Å²) >= 11 is 0. The van der Waals surface area contributed by atoms with Crippen LogP contribution in [0.1, 0.15) is 54.4 Å². The molecule has 0 bridgehead atoms. The van der Waals surface area contributed by atoms with Gasteiger partial charge in [0, 0.05) is 31.1 Å². The van der Waals surface area contributed by atoms with Gasteiger partial charge in [-0.3, -0.25) is 19.3 Å². The van der Waals surface area contributed by atoms with Crippen LogP contribution in [0.3, 0.4) is 0 Å². The van der Waals surface area contributed by atoms with Crippen molar-refractivity contribution in [2.24, 2.45) is 23.2 Å². The molecule has 1 unspecified atom stereocenters. The second-order valence-electron chi connectivity index (χ2n) is 10.5. The fourth-order valence-corrected chi connectivity index (χ4v) is 5.61. The Morgan fingerprint density at radius 1 is 1.29 bits per heavy atom. The summed E-state index contributed by atoms with van der Waals surface area (Å²) < 4.78 is 0. The number of hydrogen-bond donors (Lipinski definition) is 2. The third kappa shape index (κ3) is 4.57. The highest BCUT2D eigenvalue weighted by Crippen LogP contribution is 2.64. The number of piperidine rings is 1. The third-order valence-electron chi connectivity index (χ3n) is 7.60. The fraction of sp³-hybridized carbons (Fsp3) is 0.826. The average molecular weight is 432 g/mol. The molecule has 1 aliphatic carbocycles. The van der Waals surface area contributed by atoms with Crippen molar-refractivity contribution in [3.8, 4) is 6.07 Å². The van der Waals surface area contributed by atoms with E-state index in [1.54, 1.807) is 4.90 Å². The monoisotopic (exact) mass is 431 g/mol. The molecular formula is C23H37N5O3. The number of fused-ring (bicyclic) bond motifs is 1. The molecule has 2 N–H and O–H groups in total. The molecule has 2 heterocycles. The molecule has 3 aliphatic rings. The first-order valence-corrected chi connectivity index (χ1v) is 11.5. The molecule has 31 heavy (non-hydrogen) atoms. The summed E-state index contributed by atoms with van der Waals surface area (Å²) in [6, 6.07) is 1.30. The summed E-state index contributed by atoms with van der Waals surface area (Å²) in [5.41, 5.74) is 0.0159. The van der Waals surface area contributed by atoms with E-state index in [1.807, 2.05) is 0 Å². The molecule has 0 aromatic carbocycles. The van der Waals surface area contributed by atoms with Gasteiger partial charge in [-0.15, -0.1) is 0 Å². The van der Waals surface area contributed by atoms with Gasteiger partial charge < -0.3 is 15.5 Å². The average Bonchev–Trinajstić information content (AvgIpc) is 3.05. The maximum Gasteiger partial charge on any atom is 0.244 e. The van der Waals surface area contributed by atoms with Crippen LogP contribution in [0.4, 0.5) is 0 Å². The van der Waals surface area contributed by atoms with Gasteiger partial charge in [0.2, 0.25) is 17.7 Å². The largest absolute Gasteiger partial charge is 0.356 e. The van der Waals surface area contributed by atoms with Gasteiger partial charge in [0.05, 0.1) is 12.6 Å². The maximum absolute atomic E-state index is 13.3. The SMILES string of the molecule is CC(C)N(CC(=O)N1C[C@H]2[C@@H]([C@H]1C(=O)NC(C#N)C[C@@H]1CCNC1=O)C2(C)C)C(C)C. The van der Waals surface area contributed by atoms with Gasteiger partial charge in [-0.25, -0.2) is 0 Å². The number of likely N-dealkylation sites (tertiary alicyclic amines) is 1. The number of nitriles is 1. The molecule has 0 aromatic heterocycles. The molecule has 3 amide bonds. The van der Waals surface area contributed by atoms with E-state index >= 15 is 0 Å². The first kappa shape index (κ1) is 23.5. The number of amides is 3. The molecule has 5 atom stereocenters. The first-order chi connectivity index (χ1) is 14.5. The Balaban J connectivity index is 1.71. The molecule has 2 saturated heterocycles. The Labute approximate surface area is 185 Å². The molecule has 3 fully saturated rings. The zero-order valence-corrected chi connectivity index (χ0v) is 19.6. The van der Waals surface area contributed by atoms with Crippen LogP contribution < -0.4 is 10.6 Å². The zero-order valence-electron chi connectivity index (χ0n) is 19.6. The Morgan fingerprint density at radius 2 is 1.94 bits per heavy atom. The van der Waals surface area contributed by atoms with Crippen LogP contribution in [0.5, 0.6) is 0 Å². The summed E-state index contributed by atoms with van der Waals surface area (Å²) in [5, 5.41) is 15.2. The van der Waals surface area contributed by atoms with E-state index in [0.717, 1.165) is 0 Å². The fourth-order valence-electron chi connectivity index (χ4n) is 5.61. The lowest BCUT2D eigenvalue weighted by atomic mass is 9.97. The Bertz CT molecular complexity index is 764. The molecule has 172 valence electrons. The lowest BCUT2D eigenvalue weighted by molar-refractivity contribution is -0.142. The van der Waals surface area contributed by atoms with E-state index in [2.05, 4.69) is 63.1 Å². The molecule has 0 spiro atoms. The number of nitrogens with zero attached hydrogens (tertiary/aromatic N) is 3. The maximum atomic E-state index is 13.3. The summed E-state index contributed by atoms with van der Waals surface area (Å²) in [6.07, 6.45) is 0.986. The molecule has 0 aromatic rings. The van der Waals surface area contributed by atoms with Gasteiger partial charge in [-0.2, -0.15) is 5.26 Å². The second-order valence-corrected chi connectivity index (χ2v) is 10.5. The van der Waals surface area contributed by atoms with Crippen LogP contribution in [0, 0.1) is 34.5 Å². The van der Waals surface area contributed by atoms with Crippen molar-refractivity contribution < 1.29 is 14.4 Å². The van der Waals surface area contributed by atoms with E-state index in [0.29, 0.717) is 31.8 Å². The summed E-state index contributed by atoms with van der Waals surface area (Å²) in [7, 11) is 0. The van der Waals surface area contributed by atoms with Gasteiger partial charge in [0.1, 0.15) is 12.1 Å². The van der Waals surface area contributed by atoms with Gasteiger partial charge >= 0.3 is 0 Å². The highest BCUT2D eigenvalue weighted by molar-refractivity contribution is 5.90. The molecule has 8 nitrogen and oxygen atoms in total. The van der Waals surface area contributed by atoms with Crippen LogP contribution in [0.15, 0.2) is 0 Å². The van der Waals surface area contributed by atoms with E-state index < -0.39 is 12.1 Å². The van der Waals surface area contributed by atoms with Gasteiger partial charge in [-0.1, -0.05) is 13.8 Å². The van der Waals surface area contributed by atoms with Gasteiger partial charge in [0.15, 0.2) is 0 Å². The Hall–Kier alpha value is -2.14. The van der Waals surface area contributed by atoms with Gasteiger partial charge in [0.25, 0.3) is 0 Å². The smallest absolute Gasteiger partial charge is 0.244 e. The summed E-state index contributed by atoms with van der Waals surface area (Å²) in [5.74, 6) is -0.191. The predicted molar refractivity (Wildman–Crippen MR) is 117 cm³/mol. The number of nitrogens with one attached hydrogen (secondary N) is 2. The van der Waals surface area contributed by atoms with Crippen molar-refractivity contribution in [1.82, 2.24) is 20.4 Å². The summed E-state index contributed by atoms with van der Waals surface area (Å²) in [6.45, 7) is 14.0. The molecule has 2 aliphatic heterocycles. The minimum Gasteiger partial charge on any atom is -0.356 e. The minimum absolute atomic E-state index is 0.0159. The molecular weight excluding hydrogens is 394 g/mol. The van der Waals surface area contributed by atoms with Crippen molar-refractivity contribution in [1.29, 1.82) is 5.26 Å². The summed E-state index contributed by atoms with van der Waals surface area (Å²) in [4.78, 5) is 42.2. The molecule has 0 radical (unpaired) electrons. The van der Waals surface area contributed by atoms with Gasteiger partial charge in [-0.05, 0) is 57.8 Å².